The molecular weight excluding hydrogens is 382 g/mol. The first-order valence-corrected chi connectivity index (χ1v) is 11.1. The van der Waals surface area contributed by atoms with E-state index in [0.29, 0.717) is 25.7 Å². The van der Waals surface area contributed by atoms with Crippen molar-refractivity contribution in [3.8, 4) is 22.4 Å². The number of nitrogens with zero attached hydrogens (tertiary/aromatic N) is 1. The predicted octanol–water partition coefficient (Wildman–Crippen LogP) is 5.56. The summed E-state index contributed by atoms with van der Waals surface area (Å²) in [5.74, 6) is 0.534. The third-order valence-corrected chi connectivity index (χ3v) is 7.99. The van der Waals surface area contributed by atoms with Gasteiger partial charge in [0.25, 0.3) is 0 Å². The fourth-order valence-electron chi connectivity index (χ4n) is 7.11. The minimum atomic E-state index is -0.437. The van der Waals surface area contributed by atoms with E-state index in [-0.39, 0.29) is 11.6 Å². The number of hydrogen-bond acceptors (Lipinski definition) is 3. The molecule has 0 unspecified atom stereocenters. The Morgan fingerprint density at radius 1 is 0.774 bits per heavy atom. The Labute approximate surface area is 182 Å². The summed E-state index contributed by atoms with van der Waals surface area (Å²) in [7, 11) is 0. The third-order valence-electron chi connectivity index (χ3n) is 7.99. The van der Waals surface area contributed by atoms with E-state index in [1.807, 2.05) is 12.3 Å². The molecule has 0 N–H and O–H groups in total. The fraction of sp³-hybridized carbons (Fsp3) is 0.321. The summed E-state index contributed by atoms with van der Waals surface area (Å²) in [5, 5.41) is 0. The van der Waals surface area contributed by atoms with Gasteiger partial charge in [-0.05, 0) is 66.3 Å². The van der Waals surface area contributed by atoms with Gasteiger partial charge in [0.05, 0.1) is 5.69 Å². The van der Waals surface area contributed by atoms with Crippen LogP contribution in [-0.4, -0.2) is 16.6 Å². The van der Waals surface area contributed by atoms with Crippen LogP contribution >= 0.6 is 0 Å². The number of aryl methyl sites for hydroxylation is 3. The smallest absolute Gasteiger partial charge is 0.134 e. The lowest BCUT2D eigenvalue weighted by Gasteiger charge is -2.45. The van der Waals surface area contributed by atoms with Gasteiger partial charge in [-0.15, -0.1) is 0 Å². The van der Waals surface area contributed by atoms with E-state index in [4.69, 9.17) is 4.98 Å². The number of benzene rings is 2. The van der Waals surface area contributed by atoms with Gasteiger partial charge in [0.1, 0.15) is 11.6 Å². The van der Waals surface area contributed by atoms with Gasteiger partial charge in [0.15, 0.2) is 0 Å². The molecule has 0 atom stereocenters. The minimum absolute atomic E-state index is 0.267. The van der Waals surface area contributed by atoms with Crippen LogP contribution < -0.4 is 0 Å². The lowest BCUT2D eigenvalue weighted by atomic mass is 9.56. The number of hydrogen-bond donors (Lipinski definition) is 0. The number of pyridine rings is 1. The highest BCUT2D eigenvalue weighted by molar-refractivity contribution is 5.99. The zero-order chi connectivity index (χ0) is 21.5. The molecule has 0 radical (unpaired) electrons. The molecule has 3 aliphatic rings. The number of fused-ring (bicyclic) bond motifs is 3. The molecule has 3 aromatic rings. The molecule has 1 aromatic heterocycles. The second-order valence-electron chi connectivity index (χ2n) is 9.88. The van der Waals surface area contributed by atoms with Gasteiger partial charge in [0, 0.05) is 48.3 Å². The Hall–Kier alpha value is -3.07. The number of aromatic nitrogens is 1. The first-order chi connectivity index (χ1) is 14.8. The zero-order valence-corrected chi connectivity index (χ0v) is 18.2. The molecule has 31 heavy (non-hydrogen) atoms. The van der Waals surface area contributed by atoms with Crippen molar-refractivity contribution in [1.82, 2.24) is 4.98 Å². The van der Waals surface area contributed by atoms with Gasteiger partial charge in [-0.3, -0.25) is 14.6 Å². The molecule has 0 bridgehead atoms. The van der Waals surface area contributed by atoms with Gasteiger partial charge in [-0.2, -0.15) is 0 Å². The molecule has 0 aliphatic heterocycles. The van der Waals surface area contributed by atoms with Crippen LogP contribution in [0.15, 0.2) is 48.7 Å². The largest absolute Gasteiger partial charge is 0.300 e. The lowest BCUT2D eigenvalue weighted by molar-refractivity contribution is -0.120. The second-order valence-corrected chi connectivity index (χ2v) is 9.88. The van der Waals surface area contributed by atoms with Crippen molar-refractivity contribution in [3.63, 3.8) is 0 Å². The first kappa shape index (κ1) is 18.7. The maximum Gasteiger partial charge on any atom is 0.134 e. The quantitative estimate of drug-likeness (QED) is 0.531. The van der Waals surface area contributed by atoms with E-state index in [1.54, 1.807) is 0 Å². The Balaban J connectivity index is 1.68. The summed E-state index contributed by atoms with van der Waals surface area (Å²) >= 11 is 0. The van der Waals surface area contributed by atoms with Crippen molar-refractivity contribution in [1.29, 1.82) is 0 Å². The summed E-state index contributed by atoms with van der Waals surface area (Å²) in [6.45, 7) is 6.44. The topological polar surface area (TPSA) is 47.0 Å². The number of carbonyl (C=O) groups is 2. The summed E-state index contributed by atoms with van der Waals surface area (Å²) in [6, 6.07) is 15.1. The van der Waals surface area contributed by atoms with Gasteiger partial charge >= 0.3 is 0 Å². The second kappa shape index (κ2) is 6.00. The Kier molecular flexibility index (Phi) is 3.62. The van der Waals surface area contributed by atoms with E-state index >= 15 is 0 Å². The average molecular weight is 408 g/mol. The van der Waals surface area contributed by atoms with Crippen molar-refractivity contribution in [2.24, 2.45) is 0 Å². The summed E-state index contributed by atoms with van der Waals surface area (Å²) in [6.07, 6.45) is 3.63. The number of rotatable bonds is 1. The first-order valence-electron chi connectivity index (χ1n) is 11.1. The van der Waals surface area contributed by atoms with Gasteiger partial charge in [-0.25, -0.2) is 0 Å². The summed E-state index contributed by atoms with van der Waals surface area (Å²) < 4.78 is 0. The molecule has 6 rings (SSSR count). The van der Waals surface area contributed by atoms with Crippen molar-refractivity contribution in [3.05, 3.63) is 76.5 Å². The van der Waals surface area contributed by atoms with E-state index in [2.05, 4.69) is 57.2 Å². The van der Waals surface area contributed by atoms with Gasteiger partial charge in [0.2, 0.25) is 0 Å². The van der Waals surface area contributed by atoms with Crippen LogP contribution in [0, 0.1) is 20.8 Å². The molecule has 1 heterocycles. The van der Waals surface area contributed by atoms with Crippen LogP contribution in [0.5, 0.6) is 0 Å². The van der Waals surface area contributed by atoms with E-state index < -0.39 is 10.8 Å². The van der Waals surface area contributed by atoms with Crippen molar-refractivity contribution >= 4 is 11.6 Å². The van der Waals surface area contributed by atoms with E-state index in [9.17, 15) is 9.59 Å². The Bertz CT molecular complexity index is 1270. The van der Waals surface area contributed by atoms with Crippen LogP contribution in [0.25, 0.3) is 22.4 Å². The molecule has 0 saturated heterocycles. The average Bonchev–Trinajstić information content (AvgIpc) is 3.15. The maximum atomic E-state index is 12.9. The molecular formula is C28H25NO2. The molecule has 3 heteroatoms. The highest BCUT2D eigenvalue weighted by Crippen LogP contribution is 2.67. The molecule has 3 nitrogen and oxygen atoms in total. The predicted molar refractivity (Wildman–Crippen MR) is 121 cm³/mol. The van der Waals surface area contributed by atoms with Gasteiger partial charge < -0.3 is 0 Å². The maximum absolute atomic E-state index is 12.9. The van der Waals surface area contributed by atoms with Crippen LogP contribution in [0.4, 0.5) is 0 Å². The number of Topliss-reactive ketones (excluding diaryl/α,β-unsaturated/α-hetero) is 2. The SMILES string of the molecule is Cc1cc(C)c(-c2ccc3c(c2)C24CC(=O)CC2(CC(=O)C4)c2cccnc2-3)c(C)c1. The van der Waals surface area contributed by atoms with Crippen LogP contribution in [-0.2, 0) is 20.4 Å². The molecule has 0 amide bonds. The summed E-state index contributed by atoms with van der Waals surface area (Å²) in [4.78, 5) is 30.6. The Morgan fingerprint density at radius 3 is 2.03 bits per heavy atom. The van der Waals surface area contributed by atoms with E-state index in [0.717, 1.165) is 27.9 Å². The normalized spacial score (nSPS) is 25.8. The van der Waals surface area contributed by atoms with Crippen LogP contribution in [0.3, 0.4) is 0 Å². The van der Waals surface area contributed by atoms with Crippen molar-refractivity contribution in [2.45, 2.75) is 57.3 Å². The standard InChI is InChI=1S/C28H25NO2/c1-16-9-17(2)25(18(3)10-16)19-6-7-22-24(11-19)28-14-20(30)12-27(28,13-21(31)15-28)23-5-4-8-29-26(22)23/h4-11H,12-15H2,1-3H3. The highest BCUT2D eigenvalue weighted by atomic mass is 16.1. The van der Waals surface area contributed by atoms with Crippen molar-refractivity contribution in [2.75, 3.05) is 0 Å². The molecule has 154 valence electrons. The Morgan fingerprint density at radius 2 is 1.39 bits per heavy atom. The van der Waals surface area contributed by atoms with Crippen LogP contribution in [0.1, 0.15) is 53.5 Å². The highest BCUT2D eigenvalue weighted by Gasteiger charge is 2.67. The van der Waals surface area contributed by atoms with E-state index in [1.165, 1.54) is 22.3 Å². The number of carbonyl (C=O) groups excluding carboxylic acids is 2. The molecule has 0 spiro atoms. The minimum Gasteiger partial charge on any atom is -0.300 e. The molecule has 3 aliphatic carbocycles. The molecule has 2 aromatic carbocycles. The summed E-state index contributed by atoms with van der Waals surface area (Å²) in [5.41, 5.74) is 9.57. The van der Waals surface area contributed by atoms with Crippen LogP contribution in [0.2, 0.25) is 0 Å². The fourth-order valence-corrected chi connectivity index (χ4v) is 7.11. The molecule has 2 fully saturated rings. The third kappa shape index (κ3) is 2.27. The zero-order valence-electron chi connectivity index (χ0n) is 18.2. The molecule has 2 saturated carbocycles. The monoisotopic (exact) mass is 407 g/mol. The van der Waals surface area contributed by atoms with Crippen molar-refractivity contribution < 1.29 is 9.59 Å². The number of ketones is 2. The lowest BCUT2D eigenvalue weighted by Crippen LogP contribution is -2.43. The van der Waals surface area contributed by atoms with Gasteiger partial charge in [-0.1, -0.05) is 35.9 Å².